The Morgan fingerprint density at radius 3 is 2.52 bits per heavy atom. The van der Waals surface area contributed by atoms with E-state index in [1.807, 2.05) is 6.07 Å². The summed E-state index contributed by atoms with van der Waals surface area (Å²) in [5, 5.41) is 1.20. The molecule has 1 aliphatic rings. The summed E-state index contributed by atoms with van der Waals surface area (Å²) in [4.78, 5) is 36.3. The molecule has 1 fully saturated rings. The van der Waals surface area contributed by atoms with E-state index in [9.17, 15) is 14.4 Å². The van der Waals surface area contributed by atoms with Crippen LogP contribution in [0.3, 0.4) is 0 Å². The number of hydrogen-bond acceptors (Lipinski definition) is 5. The summed E-state index contributed by atoms with van der Waals surface area (Å²) in [6, 6.07) is 13.6. The van der Waals surface area contributed by atoms with Crippen molar-refractivity contribution in [1.82, 2.24) is 5.43 Å². The van der Waals surface area contributed by atoms with Crippen molar-refractivity contribution in [3.8, 4) is 11.5 Å². The highest BCUT2D eigenvalue weighted by Gasteiger charge is 2.34. The second-order valence-electron chi connectivity index (χ2n) is 5.71. The van der Waals surface area contributed by atoms with Crippen molar-refractivity contribution in [2.24, 2.45) is 0 Å². The third kappa shape index (κ3) is 3.82. The van der Waals surface area contributed by atoms with Crippen LogP contribution in [0.1, 0.15) is 18.9 Å². The van der Waals surface area contributed by atoms with Crippen molar-refractivity contribution in [2.45, 2.75) is 13.3 Å². The fraction of sp³-hybridized carbons (Fsp3) is 0.150. The maximum atomic E-state index is 12.6. The molecule has 2 amide bonds. The van der Waals surface area contributed by atoms with Gasteiger partial charge in [0.05, 0.1) is 12.8 Å². The molecule has 2 aromatic carbocycles. The molecule has 0 aliphatic carbocycles. The number of amides is 2. The fourth-order valence-corrected chi connectivity index (χ4v) is 2.54. The van der Waals surface area contributed by atoms with E-state index in [2.05, 4.69) is 5.43 Å². The lowest BCUT2D eigenvalue weighted by Gasteiger charge is -2.13. The minimum atomic E-state index is -0.496. The van der Waals surface area contributed by atoms with Gasteiger partial charge < -0.3 is 9.47 Å². The molecule has 7 heteroatoms. The van der Waals surface area contributed by atoms with Crippen molar-refractivity contribution < 1.29 is 23.9 Å². The van der Waals surface area contributed by atoms with Crippen molar-refractivity contribution in [2.75, 3.05) is 12.1 Å². The highest BCUT2D eigenvalue weighted by Crippen LogP contribution is 2.30. The molecule has 0 unspecified atom stereocenters. The monoisotopic (exact) mass is 366 g/mol. The van der Waals surface area contributed by atoms with Gasteiger partial charge in [-0.15, -0.1) is 0 Å². The molecule has 0 saturated carbocycles. The van der Waals surface area contributed by atoms with Crippen LogP contribution in [0.25, 0.3) is 6.08 Å². The third-order valence-electron chi connectivity index (χ3n) is 3.92. The molecule has 1 heterocycles. The van der Waals surface area contributed by atoms with Crippen LogP contribution in [-0.4, -0.2) is 24.9 Å². The number of carbonyl (C=O) groups excluding carboxylic acids is 3. The van der Waals surface area contributed by atoms with Crippen LogP contribution in [-0.2, 0) is 14.4 Å². The first-order valence-electron chi connectivity index (χ1n) is 8.34. The summed E-state index contributed by atoms with van der Waals surface area (Å²) in [7, 11) is 1.44. The second kappa shape index (κ2) is 7.74. The van der Waals surface area contributed by atoms with Crippen LogP contribution in [0.15, 0.2) is 54.1 Å². The molecule has 2 aromatic rings. The largest absolute Gasteiger partial charge is 0.493 e. The Kier molecular flexibility index (Phi) is 5.21. The zero-order valence-corrected chi connectivity index (χ0v) is 14.9. The van der Waals surface area contributed by atoms with Crippen molar-refractivity contribution in [1.29, 1.82) is 0 Å². The highest BCUT2D eigenvalue weighted by atomic mass is 16.6. The van der Waals surface area contributed by atoms with Gasteiger partial charge in [-0.05, 0) is 35.9 Å². The Labute approximate surface area is 156 Å². The molecule has 0 atom stereocenters. The number of nitrogens with zero attached hydrogens (tertiary/aromatic N) is 1. The predicted molar refractivity (Wildman–Crippen MR) is 99.0 cm³/mol. The summed E-state index contributed by atoms with van der Waals surface area (Å²) < 4.78 is 10.4. The number of nitrogens with one attached hydrogen (secondary N) is 1. The zero-order chi connectivity index (χ0) is 19.4. The van der Waals surface area contributed by atoms with E-state index in [1.54, 1.807) is 49.4 Å². The van der Waals surface area contributed by atoms with Crippen LogP contribution >= 0.6 is 0 Å². The molecule has 1 saturated heterocycles. The maximum Gasteiger partial charge on any atom is 0.311 e. The lowest BCUT2D eigenvalue weighted by molar-refractivity contribution is -0.134. The van der Waals surface area contributed by atoms with E-state index in [4.69, 9.17) is 9.47 Å². The van der Waals surface area contributed by atoms with Crippen LogP contribution < -0.4 is 19.9 Å². The van der Waals surface area contributed by atoms with Gasteiger partial charge in [0.2, 0.25) is 0 Å². The summed E-state index contributed by atoms with van der Waals surface area (Å²) >= 11 is 0. The first-order valence-corrected chi connectivity index (χ1v) is 8.34. The number of para-hydroxylation sites is 1. The lowest BCUT2D eigenvalue weighted by atomic mass is 10.1. The van der Waals surface area contributed by atoms with Crippen LogP contribution in [0.2, 0.25) is 0 Å². The Hall–Kier alpha value is -3.61. The number of anilines is 1. The first-order chi connectivity index (χ1) is 13.0. The van der Waals surface area contributed by atoms with Crippen molar-refractivity contribution in [3.05, 3.63) is 59.7 Å². The molecule has 0 spiro atoms. The number of carbonyl (C=O) groups is 3. The molecule has 0 aromatic heterocycles. The van der Waals surface area contributed by atoms with E-state index in [-0.39, 0.29) is 23.7 Å². The van der Waals surface area contributed by atoms with E-state index >= 15 is 0 Å². The standard InChI is InChI=1S/C20H18N2O5/c1-3-18(23)27-16-10-9-13(12-17(16)26-2)11-15-19(24)21-22(20(15)25)14-7-5-4-6-8-14/h4-12H,3H2,1-2H3,(H,21,24)/b15-11-. The first kappa shape index (κ1) is 18.2. The number of hydrazine groups is 1. The van der Waals surface area contributed by atoms with Gasteiger partial charge in [-0.25, -0.2) is 5.01 Å². The minimum Gasteiger partial charge on any atom is -0.493 e. The van der Waals surface area contributed by atoms with Gasteiger partial charge in [-0.2, -0.15) is 0 Å². The third-order valence-corrected chi connectivity index (χ3v) is 3.92. The van der Waals surface area contributed by atoms with Gasteiger partial charge in [0.1, 0.15) is 5.57 Å². The predicted octanol–water partition coefficient (Wildman–Crippen LogP) is 2.47. The average molecular weight is 366 g/mol. The number of methoxy groups -OCH3 is 1. The summed E-state index contributed by atoms with van der Waals surface area (Å²) in [5.74, 6) is -0.726. The number of hydrogen-bond donors (Lipinski definition) is 1. The molecule has 1 N–H and O–H groups in total. The fourth-order valence-electron chi connectivity index (χ4n) is 2.54. The smallest absolute Gasteiger partial charge is 0.311 e. The van der Waals surface area contributed by atoms with Gasteiger partial charge in [0.25, 0.3) is 11.8 Å². The topological polar surface area (TPSA) is 84.9 Å². The quantitative estimate of drug-likeness (QED) is 0.380. The number of esters is 1. The van der Waals surface area contributed by atoms with Crippen molar-refractivity contribution in [3.63, 3.8) is 0 Å². The molecular formula is C20H18N2O5. The van der Waals surface area contributed by atoms with Gasteiger partial charge >= 0.3 is 5.97 Å². The lowest BCUT2D eigenvalue weighted by Crippen LogP contribution is -2.35. The Morgan fingerprint density at radius 2 is 1.85 bits per heavy atom. The van der Waals surface area contributed by atoms with Gasteiger partial charge in [-0.1, -0.05) is 31.2 Å². The molecule has 27 heavy (non-hydrogen) atoms. The maximum absolute atomic E-state index is 12.6. The number of rotatable bonds is 5. The van der Waals surface area contributed by atoms with E-state index in [0.717, 1.165) is 0 Å². The molecule has 7 nitrogen and oxygen atoms in total. The Bertz CT molecular complexity index is 921. The normalized spacial score (nSPS) is 15.0. The number of ether oxygens (including phenoxy) is 2. The molecule has 0 radical (unpaired) electrons. The Morgan fingerprint density at radius 1 is 1.11 bits per heavy atom. The summed E-state index contributed by atoms with van der Waals surface area (Å²) in [6.45, 7) is 1.69. The van der Waals surface area contributed by atoms with Crippen LogP contribution in [0, 0.1) is 0 Å². The van der Waals surface area contributed by atoms with E-state index in [0.29, 0.717) is 17.0 Å². The molecule has 138 valence electrons. The highest BCUT2D eigenvalue weighted by molar-refractivity contribution is 6.31. The second-order valence-corrected chi connectivity index (χ2v) is 5.71. The van der Waals surface area contributed by atoms with Crippen LogP contribution in [0.4, 0.5) is 5.69 Å². The summed E-state index contributed by atoms with van der Waals surface area (Å²) in [5.41, 5.74) is 3.67. The minimum absolute atomic E-state index is 0.000732. The molecular weight excluding hydrogens is 348 g/mol. The van der Waals surface area contributed by atoms with E-state index < -0.39 is 11.8 Å². The van der Waals surface area contributed by atoms with Gasteiger partial charge in [-0.3, -0.25) is 19.8 Å². The van der Waals surface area contributed by atoms with Gasteiger partial charge in [0.15, 0.2) is 11.5 Å². The van der Waals surface area contributed by atoms with Gasteiger partial charge in [0, 0.05) is 6.42 Å². The molecule has 0 bridgehead atoms. The van der Waals surface area contributed by atoms with Crippen LogP contribution in [0.5, 0.6) is 11.5 Å². The molecule has 3 rings (SSSR count). The Balaban J connectivity index is 1.88. The molecule has 1 aliphatic heterocycles. The average Bonchev–Trinajstić information content (AvgIpc) is 2.97. The SMILES string of the molecule is CCC(=O)Oc1ccc(/C=C2/C(=O)NN(c3ccccc3)C2=O)cc1OC. The summed E-state index contributed by atoms with van der Waals surface area (Å²) in [6.07, 6.45) is 1.70. The zero-order valence-electron chi connectivity index (χ0n) is 14.9. The van der Waals surface area contributed by atoms with E-state index in [1.165, 1.54) is 18.2 Å². The number of benzene rings is 2. The van der Waals surface area contributed by atoms with Crippen molar-refractivity contribution >= 4 is 29.5 Å².